The molecule has 9 heteroatoms. The predicted octanol–water partition coefficient (Wildman–Crippen LogP) is 3.77. The van der Waals surface area contributed by atoms with Crippen LogP contribution in [0.1, 0.15) is 28.5 Å². The van der Waals surface area contributed by atoms with Crippen molar-refractivity contribution < 1.29 is 22.3 Å². The Hall–Kier alpha value is -3.56. The minimum absolute atomic E-state index is 0.0344. The maximum atomic E-state index is 13.3. The zero-order chi connectivity index (χ0) is 23.9. The van der Waals surface area contributed by atoms with Crippen molar-refractivity contribution in [2.45, 2.75) is 31.2 Å². The molecule has 1 unspecified atom stereocenters. The maximum Gasteiger partial charge on any atom is 0.251 e. The van der Waals surface area contributed by atoms with Crippen LogP contribution in [0.25, 0.3) is 10.9 Å². The number of ether oxygens (including phenoxy) is 2. The predicted molar refractivity (Wildman–Crippen MR) is 127 cm³/mol. The summed E-state index contributed by atoms with van der Waals surface area (Å²) in [6.45, 7) is 4.67. The summed E-state index contributed by atoms with van der Waals surface area (Å²) in [5.74, 6) is 1.28. The van der Waals surface area contributed by atoms with Gasteiger partial charge < -0.3 is 18.9 Å². The third-order valence-electron chi connectivity index (χ3n) is 5.95. The van der Waals surface area contributed by atoms with Gasteiger partial charge >= 0.3 is 0 Å². The van der Waals surface area contributed by atoms with Gasteiger partial charge in [0.25, 0.3) is 5.56 Å². The molecule has 1 aliphatic rings. The molecule has 1 aliphatic heterocycles. The molecule has 0 spiro atoms. The Morgan fingerprint density at radius 1 is 1.00 bits per heavy atom. The molecule has 3 heterocycles. The summed E-state index contributed by atoms with van der Waals surface area (Å²) in [6.07, 6.45) is 1.58. The minimum atomic E-state index is -3.97. The molecule has 34 heavy (non-hydrogen) atoms. The number of hydrogen-bond acceptors (Lipinski definition) is 6. The number of hydrogen-bond donors (Lipinski definition) is 2. The largest absolute Gasteiger partial charge is 0.486 e. The molecular weight excluding hydrogens is 456 g/mol. The van der Waals surface area contributed by atoms with E-state index in [-0.39, 0.29) is 16.9 Å². The van der Waals surface area contributed by atoms with E-state index in [1.807, 2.05) is 32.0 Å². The van der Waals surface area contributed by atoms with Crippen LogP contribution in [0, 0.1) is 13.8 Å². The number of H-pyrrole nitrogens is 1. The van der Waals surface area contributed by atoms with Crippen molar-refractivity contribution in [3.05, 3.63) is 87.6 Å². The van der Waals surface area contributed by atoms with Crippen LogP contribution in [0.2, 0.25) is 0 Å². The zero-order valence-corrected chi connectivity index (χ0v) is 19.6. The Morgan fingerprint density at radius 3 is 2.53 bits per heavy atom. The number of nitrogens with one attached hydrogen (secondary N) is 2. The lowest BCUT2D eigenvalue weighted by Gasteiger charge is -2.20. The lowest BCUT2D eigenvalue weighted by atomic mass is 10.0. The number of benzene rings is 2. The Labute approximate surface area is 196 Å². The molecule has 4 aromatic rings. The molecule has 0 bridgehead atoms. The standard InChI is InChI=1S/C25H24N2O6S/c1-15-5-6-16(2)24-19(15)12-17(25(28)26-24)13-20(21-4-3-9-31-21)27-34(29,30)18-7-8-22-23(14-18)33-11-10-32-22/h3-9,12,14,20,27H,10-11,13H2,1-2H3,(H,26,28). The number of rotatable bonds is 6. The molecule has 0 radical (unpaired) electrons. The molecule has 1 atom stereocenters. The second-order valence-corrected chi connectivity index (χ2v) is 10.0. The van der Waals surface area contributed by atoms with Crippen LogP contribution in [0.5, 0.6) is 11.5 Å². The van der Waals surface area contributed by atoms with E-state index in [9.17, 15) is 13.2 Å². The van der Waals surface area contributed by atoms with E-state index in [2.05, 4.69) is 9.71 Å². The third-order valence-corrected chi connectivity index (χ3v) is 7.42. The molecule has 176 valence electrons. The zero-order valence-electron chi connectivity index (χ0n) is 18.8. The summed E-state index contributed by atoms with van der Waals surface area (Å²) in [4.78, 5) is 15.9. The van der Waals surface area contributed by atoms with Crippen molar-refractivity contribution >= 4 is 20.9 Å². The fourth-order valence-corrected chi connectivity index (χ4v) is 5.35. The highest BCUT2D eigenvalue weighted by atomic mass is 32.2. The Balaban J connectivity index is 1.51. The summed E-state index contributed by atoms with van der Waals surface area (Å²) in [6, 6.07) is 12.8. The summed E-state index contributed by atoms with van der Waals surface area (Å²) in [7, 11) is -3.97. The number of furan rings is 1. The summed E-state index contributed by atoms with van der Waals surface area (Å²) < 4.78 is 45.8. The van der Waals surface area contributed by atoms with Gasteiger partial charge in [-0.2, -0.15) is 0 Å². The molecule has 0 amide bonds. The average molecular weight is 481 g/mol. The van der Waals surface area contributed by atoms with Crippen molar-refractivity contribution in [1.29, 1.82) is 0 Å². The van der Waals surface area contributed by atoms with Crippen molar-refractivity contribution in [3.8, 4) is 11.5 Å². The van der Waals surface area contributed by atoms with Gasteiger partial charge in [-0.1, -0.05) is 12.1 Å². The van der Waals surface area contributed by atoms with Gasteiger partial charge in [-0.3, -0.25) is 4.79 Å². The van der Waals surface area contributed by atoms with Gasteiger partial charge in [0.15, 0.2) is 11.5 Å². The van der Waals surface area contributed by atoms with E-state index < -0.39 is 16.1 Å². The van der Waals surface area contributed by atoms with Crippen LogP contribution in [-0.2, 0) is 16.4 Å². The molecule has 2 N–H and O–H groups in total. The van der Waals surface area contributed by atoms with Gasteiger partial charge in [-0.15, -0.1) is 0 Å². The van der Waals surface area contributed by atoms with Crippen molar-refractivity contribution in [2.75, 3.05) is 13.2 Å². The van der Waals surface area contributed by atoms with Gasteiger partial charge in [0.2, 0.25) is 10.0 Å². The first-order valence-electron chi connectivity index (χ1n) is 10.9. The van der Waals surface area contributed by atoms with Crippen LogP contribution in [0.4, 0.5) is 0 Å². The van der Waals surface area contributed by atoms with Crippen molar-refractivity contribution in [2.24, 2.45) is 0 Å². The van der Waals surface area contributed by atoms with E-state index in [0.717, 1.165) is 22.0 Å². The topological polar surface area (TPSA) is 111 Å². The van der Waals surface area contributed by atoms with Crippen LogP contribution in [0.15, 0.2) is 68.9 Å². The smallest absolute Gasteiger partial charge is 0.251 e. The highest BCUT2D eigenvalue weighted by molar-refractivity contribution is 7.89. The van der Waals surface area contributed by atoms with Crippen LogP contribution < -0.4 is 19.8 Å². The summed E-state index contributed by atoms with van der Waals surface area (Å²) >= 11 is 0. The van der Waals surface area contributed by atoms with Gasteiger partial charge in [-0.25, -0.2) is 13.1 Å². The number of pyridine rings is 1. The molecule has 2 aromatic carbocycles. The number of aromatic amines is 1. The number of aromatic nitrogens is 1. The molecule has 0 aliphatic carbocycles. The summed E-state index contributed by atoms with van der Waals surface area (Å²) in [5.41, 5.74) is 2.94. The Kier molecular flexibility index (Phi) is 5.66. The first-order valence-corrected chi connectivity index (χ1v) is 12.4. The highest BCUT2D eigenvalue weighted by Gasteiger charge is 2.26. The van der Waals surface area contributed by atoms with Crippen molar-refractivity contribution in [3.63, 3.8) is 0 Å². The molecule has 0 saturated heterocycles. The first kappa shape index (κ1) is 22.2. The Morgan fingerprint density at radius 2 is 1.76 bits per heavy atom. The van der Waals surface area contributed by atoms with Crippen molar-refractivity contribution in [1.82, 2.24) is 9.71 Å². The SMILES string of the molecule is Cc1ccc(C)c2[nH]c(=O)c(CC(NS(=O)(=O)c3ccc4c(c3)OCCO4)c3ccco3)cc12. The maximum absolute atomic E-state index is 13.3. The quantitative estimate of drug-likeness (QED) is 0.435. The average Bonchev–Trinajstić information content (AvgIpc) is 3.36. The monoisotopic (exact) mass is 480 g/mol. The van der Waals surface area contributed by atoms with Gasteiger partial charge in [0.05, 0.1) is 22.7 Å². The van der Waals surface area contributed by atoms with Crippen LogP contribution in [-0.4, -0.2) is 26.6 Å². The molecule has 8 nitrogen and oxygen atoms in total. The second kappa shape index (κ2) is 8.66. The second-order valence-electron chi connectivity index (χ2n) is 8.31. The van der Waals surface area contributed by atoms with Gasteiger partial charge in [-0.05, 0) is 55.3 Å². The van der Waals surface area contributed by atoms with E-state index in [4.69, 9.17) is 13.9 Å². The molecule has 2 aromatic heterocycles. The fraction of sp³-hybridized carbons (Fsp3) is 0.240. The van der Waals surface area contributed by atoms with E-state index in [1.54, 1.807) is 18.2 Å². The van der Waals surface area contributed by atoms with Crippen LogP contribution >= 0.6 is 0 Å². The Bertz CT molecular complexity index is 1520. The lowest BCUT2D eigenvalue weighted by molar-refractivity contribution is 0.171. The normalized spacial score (nSPS) is 14.3. The number of sulfonamides is 1. The molecule has 0 fully saturated rings. The van der Waals surface area contributed by atoms with E-state index in [1.165, 1.54) is 18.4 Å². The number of fused-ring (bicyclic) bond motifs is 2. The highest BCUT2D eigenvalue weighted by Crippen LogP contribution is 2.33. The molecule has 5 rings (SSSR count). The lowest BCUT2D eigenvalue weighted by Crippen LogP contribution is -2.31. The van der Waals surface area contributed by atoms with Crippen LogP contribution in [0.3, 0.4) is 0 Å². The van der Waals surface area contributed by atoms with E-state index in [0.29, 0.717) is 36.0 Å². The minimum Gasteiger partial charge on any atom is -0.486 e. The molecule has 0 saturated carbocycles. The summed E-state index contributed by atoms with van der Waals surface area (Å²) in [5, 5.41) is 0.919. The van der Waals surface area contributed by atoms with Gasteiger partial charge in [0, 0.05) is 23.4 Å². The molecular formula is C25H24N2O6S. The third kappa shape index (κ3) is 4.20. The number of aryl methyl sites for hydroxylation is 2. The van der Waals surface area contributed by atoms with Gasteiger partial charge in [0.1, 0.15) is 19.0 Å². The fourth-order valence-electron chi connectivity index (χ4n) is 4.13. The van der Waals surface area contributed by atoms with E-state index >= 15 is 0 Å². The first-order chi connectivity index (χ1) is 16.3.